The molecule has 18 heavy (non-hydrogen) atoms. The van der Waals surface area contributed by atoms with E-state index in [2.05, 4.69) is 17.2 Å². The van der Waals surface area contributed by atoms with E-state index in [1.165, 1.54) is 0 Å². The van der Waals surface area contributed by atoms with Gasteiger partial charge in [0.15, 0.2) is 17.5 Å². The van der Waals surface area contributed by atoms with E-state index in [9.17, 15) is 0 Å². The van der Waals surface area contributed by atoms with Gasteiger partial charge in [-0.1, -0.05) is 6.07 Å². The Kier molecular flexibility index (Phi) is 3.32. The van der Waals surface area contributed by atoms with E-state index in [4.69, 9.17) is 15.2 Å². The predicted molar refractivity (Wildman–Crippen MR) is 71.3 cm³/mol. The second-order valence-corrected chi connectivity index (χ2v) is 4.75. The average Bonchev–Trinajstić information content (AvgIpc) is 2.68. The fraction of sp³-hybridized carbons (Fsp3) is 0.462. The molecule has 5 nitrogen and oxygen atoms in total. The number of methoxy groups -OCH3 is 2. The summed E-state index contributed by atoms with van der Waals surface area (Å²) in [6.07, 6.45) is 0.831. The SMILES string of the molecule is COc1ccc(CC2(C)CN=C(N)N2)cc1OC. The molecule has 0 saturated carbocycles. The lowest BCUT2D eigenvalue weighted by Crippen LogP contribution is -2.47. The first-order valence-corrected chi connectivity index (χ1v) is 5.85. The van der Waals surface area contributed by atoms with Gasteiger partial charge in [0.05, 0.1) is 26.3 Å². The molecule has 0 fully saturated rings. The first-order valence-electron chi connectivity index (χ1n) is 5.85. The third-order valence-electron chi connectivity index (χ3n) is 3.07. The third-order valence-corrected chi connectivity index (χ3v) is 3.07. The van der Waals surface area contributed by atoms with Crippen molar-refractivity contribution in [3.05, 3.63) is 23.8 Å². The maximum Gasteiger partial charge on any atom is 0.189 e. The topological polar surface area (TPSA) is 68.9 Å². The van der Waals surface area contributed by atoms with Crippen LogP contribution in [-0.4, -0.2) is 32.3 Å². The minimum Gasteiger partial charge on any atom is -0.493 e. The van der Waals surface area contributed by atoms with Crippen LogP contribution in [0.2, 0.25) is 0 Å². The number of rotatable bonds is 4. The number of hydrogen-bond donors (Lipinski definition) is 2. The number of benzene rings is 1. The van der Waals surface area contributed by atoms with E-state index in [1.54, 1.807) is 14.2 Å². The van der Waals surface area contributed by atoms with E-state index in [-0.39, 0.29) is 5.54 Å². The van der Waals surface area contributed by atoms with Crippen LogP contribution < -0.4 is 20.5 Å². The lowest BCUT2D eigenvalue weighted by molar-refractivity contribution is 0.353. The highest BCUT2D eigenvalue weighted by atomic mass is 16.5. The molecule has 0 amide bonds. The molecule has 1 aromatic rings. The maximum absolute atomic E-state index is 5.66. The highest BCUT2D eigenvalue weighted by Crippen LogP contribution is 2.29. The van der Waals surface area contributed by atoms with Crippen molar-refractivity contribution in [3.63, 3.8) is 0 Å². The van der Waals surface area contributed by atoms with Gasteiger partial charge < -0.3 is 20.5 Å². The number of aliphatic imine (C=N–C) groups is 1. The monoisotopic (exact) mass is 249 g/mol. The Balaban J connectivity index is 2.15. The quantitative estimate of drug-likeness (QED) is 0.832. The Morgan fingerprint density at radius 2 is 2.06 bits per heavy atom. The molecule has 0 radical (unpaired) electrons. The van der Waals surface area contributed by atoms with Gasteiger partial charge in [0, 0.05) is 0 Å². The minimum absolute atomic E-state index is 0.121. The van der Waals surface area contributed by atoms with Gasteiger partial charge in [-0.25, -0.2) is 0 Å². The number of ether oxygens (including phenoxy) is 2. The summed E-state index contributed by atoms with van der Waals surface area (Å²) >= 11 is 0. The Bertz CT molecular complexity index is 473. The molecule has 5 heteroatoms. The molecular formula is C13H19N3O2. The summed E-state index contributed by atoms with van der Waals surface area (Å²) < 4.78 is 10.5. The van der Waals surface area contributed by atoms with Crippen LogP contribution in [0, 0.1) is 0 Å². The molecule has 3 N–H and O–H groups in total. The first-order chi connectivity index (χ1) is 8.56. The first kappa shape index (κ1) is 12.5. The van der Waals surface area contributed by atoms with Crippen LogP contribution >= 0.6 is 0 Å². The molecule has 2 rings (SSSR count). The van der Waals surface area contributed by atoms with Gasteiger partial charge in [-0.05, 0) is 31.0 Å². The van der Waals surface area contributed by atoms with Crippen molar-refractivity contribution < 1.29 is 9.47 Å². The number of hydrogen-bond acceptors (Lipinski definition) is 5. The van der Waals surface area contributed by atoms with Crippen LogP contribution in [0.3, 0.4) is 0 Å². The number of nitrogens with one attached hydrogen (secondary N) is 1. The molecule has 1 aliphatic rings. The largest absolute Gasteiger partial charge is 0.493 e. The van der Waals surface area contributed by atoms with Crippen molar-refractivity contribution in [3.8, 4) is 11.5 Å². The third kappa shape index (κ3) is 2.50. The van der Waals surface area contributed by atoms with Gasteiger partial charge in [0.2, 0.25) is 0 Å². The second-order valence-electron chi connectivity index (χ2n) is 4.75. The molecule has 1 aliphatic heterocycles. The number of nitrogens with two attached hydrogens (primary N) is 1. The summed E-state index contributed by atoms with van der Waals surface area (Å²) in [5.41, 5.74) is 6.70. The van der Waals surface area contributed by atoms with Crippen molar-refractivity contribution in [1.82, 2.24) is 5.32 Å². The van der Waals surface area contributed by atoms with E-state index in [1.807, 2.05) is 18.2 Å². The lowest BCUT2D eigenvalue weighted by Gasteiger charge is -2.24. The van der Waals surface area contributed by atoms with Gasteiger partial charge in [0.25, 0.3) is 0 Å². The summed E-state index contributed by atoms with van der Waals surface area (Å²) in [6.45, 7) is 2.79. The molecule has 0 aromatic heterocycles. The van der Waals surface area contributed by atoms with Gasteiger partial charge >= 0.3 is 0 Å². The van der Waals surface area contributed by atoms with E-state index in [0.717, 1.165) is 23.5 Å². The van der Waals surface area contributed by atoms with Crippen molar-refractivity contribution in [2.24, 2.45) is 10.7 Å². The van der Waals surface area contributed by atoms with Crippen LogP contribution in [0.5, 0.6) is 11.5 Å². The summed E-state index contributed by atoms with van der Waals surface area (Å²) in [5, 5.41) is 3.20. The average molecular weight is 249 g/mol. The number of nitrogens with zero attached hydrogens (tertiary/aromatic N) is 1. The fourth-order valence-electron chi connectivity index (χ4n) is 2.19. The standard InChI is InChI=1S/C13H19N3O2/c1-13(8-15-12(14)16-13)7-9-4-5-10(17-2)11(6-9)18-3/h4-6H,7-8H2,1-3H3,(H3,14,15,16). The lowest BCUT2D eigenvalue weighted by atomic mass is 9.93. The van der Waals surface area contributed by atoms with Crippen LogP contribution in [-0.2, 0) is 6.42 Å². The Hall–Kier alpha value is -1.91. The summed E-state index contributed by atoms with van der Waals surface area (Å²) in [7, 11) is 3.27. The Morgan fingerprint density at radius 3 is 2.61 bits per heavy atom. The summed E-state index contributed by atoms with van der Waals surface area (Å²) in [6, 6.07) is 5.93. The molecule has 1 heterocycles. The molecule has 1 unspecified atom stereocenters. The van der Waals surface area contributed by atoms with Crippen molar-refractivity contribution in [1.29, 1.82) is 0 Å². The highest BCUT2D eigenvalue weighted by Gasteiger charge is 2.29. The van der Waals surface area contributed by atoms with Gasteiger partial charge in [-0.15, -0.1) is 0 Å². The van der Waals surface area contributed by atoms with Gasteiger partial charge in [-0.3, -0.25) is 4.99 Å². The molecule has 0 saturated heterocycles. The predicted octanol–water partition coefficient (Wildman–Crippen LogP) is 0.923. The normalized spacial score (nSPS) is 22.3. The van der Waals surface area contributed by atoms with Crippen LogP contribution in [0.25, 0.3) is 0 Å². The van der Waals surface area contributed by atoms with E-state index >= 15 is 0 Å². The highest BCUT2D eigenvalue weighted by molar-refractivity contribution is 5.80. The van der Waals surface area contributed by atoms with Gasteiger partial charge in [0.1, 0.15) is 0 Å². The van der Waals surface area contributed by atoms with Crippen molar-refractivity contribution in [2.75, 3.05) is 20.8 Å². The zero-order valence-corrected chi connectivity index (χ0v) is 11.0. The summed E-state index contributed by atoms with van der Waals surface area (Å²) in [5.74, 6) is 1.99. The van der Waals surface area contributed by atoms with Crippen molar-refractivity contribution >= 4 is 5.96 Å². The van der Waals surface area contributed by atoms with Crippen LogP contribution in [0.15, 0.2) is 23.2 Å². The Morgan fingerprint density at radius 1 is 1.33 bits per heavy atom. The molecule has 0 spiro atoms. The molecule has 1 aromatic carbocycles. The maximum atomic E-state index is 5.66. The molecule has 98 valence electrons. The number of guanidine groups is 1. The minimum atomic E-state index is -0.121. The zero-order chi connectivity index (χ0) is 13.2. The summed E-state index contributed by atoms with van der Waals surface area (Å²) in [4.78, 5) is 4.19. The zero-order valence-electron chi connectivity index (χ0n) is 11.0. The fourth-order valence-corrected chi connectivity index (χ4v) is 2.19. The second kappa shape index (κ2) is 4.76. The smallest absolute Gasteiger partial charge is 0.189 e. The molecule has 1 atom stereocenters. The molecule has 0 bridgehead atoms. The van der Waals surface area contributed by atoms with Gasteiger partial charge in [-0.2, -0.15) is 0 Å². The van der Waals surface area contributed by atoms with Crippen LogP contribution in [0.1, 0.15) is 12.5 Å². The van der Waals surface area contributed by atoms with Crippen LogP contribution in [0.4, 0.5) is 0 Å². The van der Waals surface area contributed by atoms with E-state index < -0.39 is 0 Å². The van der Waals surface area contributed by atoms with E-state index in [0.29, 0.717) is 12.5 Å². The molecular weight excluding hydrogens is 230 g/mol. The molecule has 0 aliphatic carbocycles. The van der Waals surface area contributed by atoms with Crippen molar-refractivity contribution in [2.45, 2.75) is 18.9 Å². The Labute approximate surface area is 107 Å².